The average Bonchev–Trinajstić information content (AvgIpc) is 2.18. The molecule has 1 aromatic rings. The first kappa shape index (κ1) is 10.2. The van der Waals surface area contributed by atoms with Gasteiger partial charge in [-0.3, -0.25) is 0 Å². The summed E-state index contributed by atoms with van der Waals surface area (Å²) in [6, 6.07) is 8.64. The monoisotopic (exact) mass is 172 g/mol. The molecule has 0 atom stereocenters. The van der Waals surface area contributed by atoms with Crippen LogP contribution in [0.2, 0.25) is 0 Å². The van der Waals surface area contributed by atoms with Crippen LogP contribution in [0.15, 0.2) is 24.3 Å². The maximum atomic E-state index is 3.74. The van der Waals surface area contributed by atoms with Gasteiger partial charge in [0, 0.05) is 0 Å². The van der Waals surface area contributed by atoms with Crippen LogP contribution in [0.1, 0.15) is 32.8 Å². The molecule has 0 spiro atoms. The third-order valence-corrected chi connectivity index (χ3v) is 2.81. The molecule has 1 aromatic carbocycles. The summed E-state index contributed by atoms with van der Waals surface area (Å²) in [4.78, 5) is 0. The molecule has 0 aromatic heterocycles. The molecule has 0 aliphatic rings. The van der Waals surface area contributed by atoms with Crippen molar-refractivity contribution in [1.82, 2.24) is 0 Å². The van der Waals surface area contributed by atoms with Crippen LogP contribution >= 0.6 is 0 Å². The van der Waals surface area contributed by atoms with Gasteiger partial charge >= 0.3 is 81.3 Å². The van der Waals surface area contributed by atoms with Crippen molar-refractivity contribution in [3.05, 3.63) is 29.8 Å². The standard InChI is InChI=1S/C12H17B/c1-5-12(2,3)10-6-8-11(13-4)9-7-10/h6-9H,4-5H2,1-3H3. The molecule has 0 heterocycles. The van der Waals surface area contributed by atoms with E-state index in [-0.39, 0.29) is 0 Å². The normalized spacial score (nSPS) is 11.0. The number of hydrogen-bond donors (Lipinski definition) is 0. The molecule has 0 N–H and O–H groups in total. The molecule has 0 nitrogen and oxygen atoms in total. The van der Waals surface area contributed by atoms with E-state index in [9.17, 15) is 0 Å². The predicted octanol–water partition coefficient (Wildman–Crippen LogP) is 2.14. The van der Waals surface area contributed by atoms with E-state index in [0.29, 0.717) is 5.41 Å². The first-order chi connectivity index (χ1) is 6.10. The van der Waals surface area contributed by atoms with Crippen molar-refractivity contribution in [3.63, 3.8) is 0 Å². The van der Waals surface area contributed by atoms with Crippen LogP contribution in [0.4, 0.5) is 0 Å². The summed E-state index contributed by atoms with van der Waals surface area (Å²) in [5.41, 5.74) is 2.89. The molecule has 0 saturated heterocycles. The van der Waals surface area contributed by atoms with Crippen LogP contribution in [-0.2, 0) is 5.41 Å². The minimum absolute atomic E-state index is 0.291. The summed E-state index contributed by atoms with van der Waals surface area (Å²) in [6.45, 7) is 12.4. The Balaban J connectivity index is 2.98. The number of hydrogen-bond acceptors (Lipinski definition) is 0. The van der Waals surface area contributed by atoms with E-state index in [1.54, 1.807) is 0 Å². The first-order valence-electron chi connectivity index (χ1n) is 4.83. The summed E-state index contributed by atoms with van der Waals surface area (Å²) in [7, 11) is 0. The van der Waals surface area contributed by atoms with E-state index in [4.69, 9.17) is 0 Å². The van der Waals surface area contributed by atoms with E-state index in [0.717, 1.165) is 0 Å². The van der Waals surface area contributed by atoms with Crippen LogP contribution in [0.25, 0.3) is 0 Å². The SMILES string of the molecule is C=Bc1ccc(C(C)(C)CC)cc1. The van der Waals surface area contributed by atoms with E-state index in [1.165, 1.54) is 17.4 Å². The summed E-state index contributed by atoms with van der Waals surface area (Å²) >= 11 is 0. The molecule has 0 fully saturated rings. The van der Waals surface area contributed by atoms with Crippen molar-refractivity contribution in [3.8, 4) is 0 Å². The Bertz CT molecular complexity index is 282. The average molecular weight is 172 g/mol. The van der Waals surface area contributed by atoms with Gasteiger partial charge in [-0.25, -0.2) is 0 Å². The zero-order valence-corrected chi connectivity index (χ0v) is 8.80. The molecule has 1 rings (SSSR count). The van der Waals surface area contributed by atoms with Crippen LogP contribution < -0.4 is 5.46 Å². The van der Waals surface area contributed by atoms with Crippen LogP contribution in [0, 0.1) is 0 Å². The Morgan fingerprint density at radius 2 is 1.77 bits per heavy atom. The quantitative estimate of drug-likeness (QED) is 0.612. The Morgan fingerprint density at radius 3 is 2.15 bits per heavy atom. The van der Waals surface area contributed by atoms with Gasteiger partial charge in [0.15, 0.2) is 0 Å². The van der Waals surface area contributed by atoms with Crippen molar-refractivity contribution in [2.75, 3.05) is 0 Å². The summed E-state index contributed by atoms with van der Waals surface area (Å²) in [6.07, 6.45) is 1.17. The third kappa shape index (κ3) is 2.30. The van der Waals surface area contributed by atoms with E-state index in [2.05, 4.69) is 51.5 Å². The molecule has 0 unspecified atom stereocenters. The molecule has 0 bridgehead atoms. The molecular formula is C12H17B. The molecule has 1 heteroatoms. The molecule has 0 amide bonds. The van der Waals surface area contributed by atoms with Gasteiger partial charge in [-0.05, 0) is 0 Å². The van der Waals surface area contributed by atoms with Crippen molar-refractivity contribution in [1.29, 1.82) is 0 Å². The molecule has 68 valence electrons. The molecule has 13 heavy (non-hydrogen) atoms. The Hall–Kier alpha value is -0.845. The number of benzene rings is 1. The molecular weight excluding hydrogens is 155 g/mol. The summed E-state index contributed by atoms with van der Waals surface area (Å²) in [5, 5.41) is 0. The van der Waals surface area contributed by atoms with Crippen LogP contribution in [0.5, 0.6) is 0 Å². The fourth-order valence-electron chi connectivity index (χ4n) is 1.27. The van der Waals surface area contributed by atoms with Gasteiger partial charge < -0.3 is 0 Å². The zero-order chi connectivity index (χ0) is 9.90. The topological polar surface area (TPSA) is 0 Å². The second kappa shape index (κ2) is 3.91. The minimum atomic E-state index is 0.291. The van der Waals surface area contributed by atoms with E-state index >= 15 is 0 Å². The second-order valence-electron chi connectivity index (χ2n) is 4.06. The van der Waals surface area contributed by atoms with E-state index in [1.807, 2.05) is 6.92 Å². The fourth-order valence-corrected chi connectivity index (χ4v) is 1.27. The summed E-state index contributed by atoms with van der Waals surface area (Å²) < 4.78 is 0. The van der Waals surface area contributed by atoms with Gasteiger partial charge in [-0.1, -0.05) is 0 Å². The summed E-state index contributed by atoms with van der Waals surface area (Å²) in [5.74, 6) is 0. The van der Waals surface area contributed by atoms with Gasteiger partial charge in [-0.15, -0.1) is 0 Å². The van der Waals surface area contributed by atoms with Gasteiger partial charge in [0.1, 0.15) is 0 Å². The molecule has 0 aliphatic carbocycles. The number of rotatable bonds is 3. The second-order valence-corrected chi connectivity index (χ2v) is 4.06. The van der Waals surface area contributed by atoms with Gasteiger partial charge in [0.25, 0.3) is 0 Å². The third-order valence-electron chi connectivity index (χ3n) is 2.81. The first-order valence-corrected chi connectivity index (χ1v) is 4.83. The predicted molar refractivity (Wildman–Crippen MR) is 62.3 cm³/mol. The van der Waals surface area contributed by atoms with Crippen molar-refractivity contribution in [2.24, 2.45) is 0 Å². The van der Waals surface area contributed by atoms with Gasteiger partial charge in [-0.2, -0.15) is 0 Å². The van der Waals surface area contributed by atoms with Gasteiger partial charge in [0.05, 0.1) is 0 Å². The van der Waals surface area contributed by atoms with Crippen LogP contribution in [0.3, 0.4) is 0 Å². The Labute approximate surface area is 81.9 Å². The zero-order valence-electron chi connectivity index (χ0n) is 8.80. The van der Waals surface area contributed by atoms with Crippen molar-refractivity contribution >= 4 is 18.9 Å². The Kier molecular flexibility index (Phi) is 3.08. The maximum absolute atomic E-state index is 3.74. The van der Waals surface area contributed by atoms with Gasteiger partial charge in [0.2, 0.25) is 0 Å². The van der Waals surface area contributed by atoms with E-state index < -0.39 is 0 Å². The van der Waals surface area contributed by atoms with Crippen LogP contribution in [-0.4, -0.2) is 13.4 Å². The Morgan fingerprint density at radius 1 is 1.23 bits per heavy atom. The van der Waals surface area contributed by atoms with Crippen molar-refractivity contribution < 1.29 is 0 Å². The molecule has 0 radical (unpaired) electrons. The fraction of sp³-hybridized carbons (Fsp3) is 0.417. The molecule has 0 saturated carbocycles. The molecule has 0 aliphatic heterocycles. The van der Waals surface area contributed by atoms with Crippen molar-refractivity contribution in [2.45, 2.75) is 32.6 Å².